The Labute approximate surface area is 136 Å². The number of sulfonamides is 1. The van der Waals surface area contributed by atoms with Gasteiger partial charge < -0.3 is 0 Å². The zero-order valence-electron chi connectivity index (χ0n) is 12.3. The van der Waals surface area contributed by atoms with Crippen LogP contribution in [0.2, 0.25) is 5.02 Å². The molecule has 1 saturated carbocycles. The third-order valence-corrected chi connectivity index (χ3v) is 5.87. The van der Waals surface area contributed by atoms with Crippen molar-refractivity contribution >= 4 is 21.6 Å². The van der Waals surface area contributed by atoms with Crippen molar-refractivity contribution in [2.75, 3.05) is 6.54 Å². The number of nitrogens with one attached hydrogen (secondary N) is 1. The Morgan fingerprint density at radius 2 is 1.82 bits per heavy atom. The van der Waals surface area contributed by atoms with Crippen LogP contribution in [0.1, 0.15) is 24.0 Å². The molecule has 0 saturated heterocycles. The Morgan fingerprint density at radius 3 is 2.41 bits per heavy atom. The molecular formula is C17H18ClNO2S. The van der Waals surface area contributed by atoms with Crippen molar-refractivity contribution in [3.63, 3.8) is 0 Å². The molecule has 0 unspecified atom stereocenters. The topological polar surface area (TPSA) is 46.2 Å². The Morgan fingerprint density at radius 1 is 1.14 bits per heavy atom. The number of hydrogen-bond donors (Lipinski definition) is 1. The van der Waals surface area contributed by atoms with E-state index in [4.69, 9.17) is 11.6 Å². The molecule has 1 aliphatic rings. The lowest BCUT2D eigenvalue weighted by atomic mass is 9.96. The molecule has 0 heterocycles. The Hall–Kier alpha value is -1.36. The minimum atomic E-state index is -3.47. The molecule has 116 valence electrons. The van der Waals surface area contributed by atoms with E-state index < -0.39 is 10.0 Å². The van der Waals surface area contributed by atoms with Gasteiger partial charge in [0, 0.05) is 17.0 Å². The predicted molar refractivity (Wildman–Crippen MR) is 88.7 cm³/mol. The summed E-state index contributed by atoms with van der Waals surface area (Å²) in [5.74, 6) is 0. The van der Waals surface area contributed by atoms with Crippen molar-refractivity contribution in [1.29, 1.82) is 0 Å². The summed E-state index contributed by atoms with van der Waals surface area (Å²) in [6.45, 7) is 2.34. The quantitative estimate of drug-likeness (QED) is 0.906. The monoisotopic (exact) mass is 335 g/mol. The highest BCUT2D eigenvalue weighted by atomic mass is 35.5. The van der Waals surface area contributed by atoms with Gasteiger partial charge >= 0.3 is 0 Å². The Balaban J connectivity index is 1.76. The molecule has 3 rings (SSSR count). The van der Waals surface area contributed by atoms with Crippen LogP contribution in [-0.4, -0.2) is 15.0 Å². The van der Waals surface area contributed by atoms with Crippen molar-refractivity contribution in [1.82, 2.24) is 4.72 Å². The van der Waals surface area contributed by atoms with Crippen molar-refractivity contribution < 1.29 is 8.42 Å². The van der Waals surface area contributed by atoms with E-state index in [1.54, 1.807) is 24.3 Å². The number of hydrogen-bond acceptors (Lipinski definition) is 2. The van der Waals surface area contributed by atoms with Crippen LogP contribution < -0.4 is 4.72 Å². The summed E-state index contributed by atoms with van der Waals surface area (Å²) in [5, 5.41) is 0.685. The Bertz CT molecular complexity index is 781. The van der Waals surface area contributed by atoms with E-state index in [9.17, 15) is 8.42 Å². The molecule has 0 spiro atoms. The molecule has 2 aromatic rings. The third-order valence-electron chi connectivity index (χ3n) is 4.22. The van der Waals surface area contributed by atoms with E-state index in [0.29, 0.717) is 16.5 Å². The van der Waals surface area contributed by atoms with Gasteiger partial charge in [-0.05, 0) is 49.6 Å². The second-order valence-electron chi connectivity index (χ2n) is 5.93. The first-order valence-corrected chi connectivity index (χ1v) is 9.10. The fourth-order valence-corrected chi connectivity index (χ4v) is 3.89. The van der Waals surface area contributed by atoms with Crippen LogP contribution in [0, 0.1) is 6.92 Å². The van der Waals surface area contributed by atoms with Gasteiger partial charge in [0.15, 0.2) is 0 Å². The maximum absolute atomic E-state index is 12.4. The van der Waals surface area contributed by atoms with Crippen molar-refractivity contribution in [2.24, 2.45) is 0 Å². The summed E-state index contributed by atoms with van der Waals surface area (Å²) in [5.41, 5.74) is 2.03. The summed E-state index contributed by atoms with van der Waals surface area (Å²) in [6.07, 6.45) is 1.95. The molecular weight excluding hydrogens is 318 g/mol. The third kappa shape index (κ3) is 3.19. The second kappa shape index (κ2) is 5.69. The maximum Gasteiger partial charge on any atom is 0.240 e. The summed E-state index contributed by atoms with van der Waals surface area (Å²) in [7, 11) is -3.47. The maximum atomic E-state index is 12.4. The highest BCUT2D eigenvalue weighted by Crippen LogP contribution is 2.48. The molecule has 0 aromatic heterocycles. The largest absolute Gasteiger partial charge is 0.240 e. The van der Waals surface area contributed by atoms with Gasteiger partial charge in [0.2, 0.25) is 10.0 Å². The number of rotatable bonds is 5. The standard InChI is InChI=1S/C17H18ClNO2S/c1-13-5-7-16(8-6-13)22(20,21)19-12-17(9-10-17)14-3-2-4-15(18)11-14/h2-8,11,19H,9-10,12H2,1H3. The SMILES string of the molecule is Cc1ccc(S(=O)(=O)NCC2(c3cccc(Cl)c3)CC2)cc1. The summed E-state index contributed by atoms with van der Waals surface area (Å²) in [4.78, 5) is 0.306. The first kappa shape index (κ1) is 15.5. The van der Waals surface area contributed by atoms with Gasteiger partial charge in [0.25, 0.3) is 0 Å². The molecule has 22 heavy (non-hydrogen) atoms. The zero-order valence-corrected chi connectivity index (χ0v) is 13.9. The van der Waals surface area contributed by atoms with E-state index in [1.165, 1.54) is 0 Å². The molecule has 5 heteroatoms. The fraction of sp³-hybridized carbons (Fsp3) is 0.294. The Kier molecular flexibility index (Phi) is 4.02. The van der Waals surface area contributed by atoms with E-state index in [0.717, 1.165) is 24.0 Å². The van der Waals surface area contributed by atoms with Crippen LogP contribution in [-0.2, 0) is 15.4 Å². The number of halogens is 1. The van der Waals surface area contributed by atoms with Crippen LogP contribution in [0.4, 0.5) is 0 Å². The van der Waals surface area contributed by atoms with Gasteiger partial charge in [-0.15, -0.1) is 0 Å². The molecule has 1 aliphatic carbocycles. The van der Waals surface area contributed by atoms with Gasteiger partial charge in [0.05, 0.1) is 4.90 Å². The first-order valence-electron chi connectivity index (χ1n) is 7.24. The zero-order chi connectivity index (χ0) is 15.8. The molecule has 1 N–H and O–H groups in total. The predicted octanol–water partition coefficient (Wildman–Crippen LogP) is 3.66. The molecule has 0 atom stereocenters. The minimum Gasteiger partial charge on any atom is -0.210 e. The summed E-state index contributed by atoms with van der Waals surface area (Å²) < 4.78 is 27.5. The van der Waals surface area contributed by atoms with Crippen molar-refractivity contribution in [2.45, 2.75) is 30.1 Å². The summed E-state index contributed by atoms with van der Waals surface area (Å²) >= 11 is 6.04. The average molecular weight is 336 g/mol. The fourth-order valence-electron chi connectivity index (χ4n) is 2.57. The van der Waals surface area contributed by atoms with Crippen LogP contribution in [0.5, 0.6) is 0 Å². The number of benzene rings is 2. The highest BCUT2D eigenvalue weighted by Gasteiger charge is 2.44. The van der Waals surface area contributed by atoms with Gasteiger partial charge in [0.1, 0.15) is 0 Å². The van der Waals surface area contributed by atoms with E-state index in [1.807, 2.05) is 31.2 Å². The van der Waals surface area contributed by atoms with Crippen LogP contribution >= 0.6 is 11.6 Å². The normalized spacial score (nSPS) is 16.5. The molecule has 0 radical (unpaired) electrons. The number of aryl methyl sites for hydroxylation is 1. The molecule has 0 bridgehead atoms. The molecule has 0 amide bonds. The minimum absolute atomic E-state index is 0.108. The van der Waals surface area contributed by atoms with Crippen molar-refractivity contribution in [3.05, 3.63) is 64.7 Å². The average Bonchev–Trinajstić information content (AvgIpc) is 3.27. The first-order chi connectivity index (χ1) is 10.4. The molecule has 2 aromatic carbocycles. The highest BCUT2D eigenvalue weighted by molar-refractivity contribution is 7.89. The van der Waals surface area contributed by atoms with E-state index in [2.05, 4.69) is 4.72 Å². The molecule has 0 aliphatic heterocycles. The lowest BCUT2D eigenvalue weighted by Crippen LogP contribution is -2.32. The van der Waals surface area contributed by atoms with E-state index >= 15 is 0 Å². The van der Waals surface area contributed by atoms with Crippen LogP contribution in [0.25, 0.3) is 0 Å². The van der Waals surface area contributed by atoms with Crippen LogP contribution in [0.3, 0.4) is 0 Å². The lowest BCUT2D eigenvalue weighted by Gasteiger charge is -2.17. The molecule has 3 nitrogen and oxygen atoms in total. The van der Waals surface area contributed by atoms with Gasteiger partial charge in [-0.1, -0.05) is 41.4 Å². The van der Waals surface area contributed by atoms with E-state index in [-0.39, 0.29) is 5.41 Å². The second-order valence-corrected chi connectivity index (χ2v) is 8.13. The van der Waals surface area contributed by atoms with Crippen molar-refractivity contribution in [3.8, 4) is 0 Å². The van der Waals surface area contributed by atoms with Gasteiger partial charge in [-0.2, -0.15) is 0 Å². The summed E-state index contributed by atoms with van der Waals surface area (Å²) in [6, 6.07) is 14.6. The smallest absolute Gasteiger partial charge is 0.210 e. The van der Waals surface area contributed by atoms with Gasteiger partial charge in [-0.3, -0.25) is 0 Å². The van der Waals surface area contributed by atoms with Crippen LogP contribution in [0.15, 0.2) is 53.4 Å². The molecule has 1 fully saturated rings. The lowest BCUT2D eigenvalue weighted by molar-refractivity contribution is 0.567. The van der Waals surface area contributed by atoms with Gasteiger partial charge in [-0.25, -0.2) is 13.1 Å².